The van der Waals surface area contributed by atoms with E-state index in [-0.39, 0.29) is 28.4 Å². The third-order valence-electron chi connectivity index (χ3n) is 6.33. The molecule has 0 atom stereocenters. The number of nitrogens with one attached hydrogen (secondary N) is 1. The highest BCUT2D eigenvalue weighted by molar-refractivity contribution is 6.30. The highest BCUT2D eigenvalue weighted by atomic mass is 35.5. The predicted octanol–water partition coefficient (Wildman–Crippen LogP) is 3.48. The van der Waals surface area contributed by atoms with Crippen LogP contribution >= 0.6 is 11.6 Å². The Morgan fingerprint density at radius 1 is 1.26 bits per heavy atom. The molecule has 3 saturated carbocycles. The van der Waals surface area contributed by atoms with Crippen molar-refractivity contribution in [3.05, 3.63) is 41.3 Å². The number of ether oxygens (including phenoxy) is 2. The monoisotopic (exact) mass is 446 g/mol. The van der Waals surface area contributed by atoms with Crippen LogP contribution in [-0.2, 0) is 9.53 Å². The molecule has 0 amide bonds. The Morgan fingerprint density at radius 2 is 2.03 bits per heavy atom. The Morgan fingerprint density at radius 3 is 2.77 bits per heavy atom. The fourth-order valence-electron chi connectivity index (χ4n) is 5.12. The molecule has 1 aliphatic heterocycles. The first-order valence-electron chi connectivity index (χ1n) is 10.5. The lowest BCUT2D eigenvalue weighted by molar-refractivity contribution is -0.147. The van der Waals surface area contributed by atoms with E-state index in [9.17, 15) is 9.18 Å². The first-order valence-corrected chi connectivity index (χ1v) is 10.9. The van der Waals surface area contributed by atoms with Crippen molar-refractivity contribution >= 4 is 29.2 Å². The molecule has 4 aliphatic rings. The van der Waals surface area contributed by atoms with Gasteiger partial charge < -0.3 is 19.7 Å². The molecule has 3 aliphatic carbocycles. The fourth-order valence-corrected chi connectivity index (χ4v) is 5.24. The van der Waals surface area contributed by atoms with Crippen LogP contribution in [0.2, 0.25) is 5.02 Å². The van der Waals surface area contributed by atoms with E-state index in [1.54, 1.807) is 12.3 Å². The Kier molecular flexibility index (Phi) is 5.22. The standard InChI is InChI=1S/C22H24ClFN4O3/c23-17-2-1-16(9-18(17)24)31-11-15(29)10-21-12-22(13-21,14-21)27-19-3-4-25-20(26-19)28-5-7-30-8-6-28/h1-4,9H,5-8,10-14H2,(H,25,26,27). The molecule has 7 nitrogen and oxygen atoms in total. The minimum Gasteiger partial charge on any atom is -0.486 e. The number of hydrogen-bond acceptors (Lipinski definition) is 7. The van der Waals surface area contributed by atoms with E-state index in [0.29, 0.717) is 25.4 Å². The second kappa shape index (κ2) is 7.91. The van der Waals surface area contributed by atoms with Gasteiger partial charge in [0.2, 0.25) is 5.95 Å². The smallest absolute Gasteiger partial charge is 0.227 e. The maximum absolute atomic E-state index is 13.5. The average Bonchev–Trinajstić information content (AvgIpc) is 2.73. The van der Waals surface area contributed by atoms with E-state index < -0.39 is 5.82 Å². The summed E-state index contributed by atoms with van der Waals surface area (Å²) < 4.78 is 24.3. The molecule has 9 heteroatoms. The third kappa shape index (κ3) is 4.19. The van der Waals surface area contributed by atoms with Crippen molar-refractivity contribution in [3.63, 3.8) is 0 Å². The van der Waals surface area contributed by atoms with E-state index in [1.165, 1.54) is 12.1 Å². The zero-order chi connectivity index (χ0) is 21.5. The average molecular weight is 447 g/mol. The van der Waals surface area contributed by atoms with E-state index >= 15 is 0 Å². The summed E-state index contributed by atoms with van der Waals surface area (Å²) in [5, 5.41) is 3.60. The van der Waals surface area contributed by atoms with Gasteiger partial charge in [-0.05, 0) is 42.9 Å². The summed E-state index contributed by atoms with van der Waals surface area (Å²) in [6.07, 6.45) is 5.09. The molecular weight excluding hydrogens is 423 g/mol. The number of ketones is 1. The second-order valence-electron chi connectivity index (χ2n) is 8.86. The first kappa shape index (κ1) is 20.5. The Labute approximate surface area is 184 Å². The zero-order valence-corrected chi connectivity index (χ0v) is 17.8. The lowest BCUT2D eigenvalue weighted by atomic mass is 9.38. The summed E-state index contributed by atoms with van der Waals surface area (Å²) in [7, 11) is 0. The molecular formula is C22H24ClFN4O3. The van der Waals surface area contributed by atoms with Crippen molar-refractivity contribution in [1.29, 1.82) is 0 Å². The Balaban J connectivity index is 1.10. The van der Waals surface area contributed by atoms with E-state index in [4.69, 9.17) is 21.1 Å². The molecule has 0 radical (unpaired) electrons. The number of benzene rings is 1. The van der Waals surface area contributed by atoms with Crippen molar-refractivity contribution in [3.8, 4) is 5.75 Å². The van der Waals surface area contributed by atoms with Crippen LogP contribution in [0.25, 0.3) is 0 Å². The van der Waals surface area contributed by atoms with E-state index in [2.05, 4.69) is 20.2 Å². The number of morpholine rings is 1. The Bertz CT molecular complexity index is 979. The molecule has 1 N–H and O–H groups in total. The van der Waals surface area contributed by atoms with Gasteiger partial charge in [-0.25, -0.2) is 9.37 Å². The number of hydrogen-bond donors (Lipinski definition) is 1. The molecule has 1 aromatic carbocycles. The number of carbonyl (C=O) groups is 1. The van der Waals surface area contributed by atoms with Crippen molar-refractivity contribution in [2.45, 2.75) is 31.2 Å². The molecule has 2 bridgehead atoms. The minimum absolute atomic E-state index is 0.0249. The maximum Gasteiger partial charge on any atom is 0.227 e. The fraction of sp³-hybridized carbons (Fsp3) is 0.500. The largest absolute Gasteiger partial charge is 0.486 e. The quantitative estimate of drug-likeness (QED) is 0.665. The van der Waals surface area contributed by atoms with Crippen molar-refractivity contribution < 1.29 is 18.7 Å². The number of rotatable bonds is 8. The molecule has 31 heavy (non-hydrogen) atoms. The molecule has 4 fully saturated rings. The van der Waals surface area contributed by atoms with Crippen LogP contribution in [0.1, 0.15) is 25.7 Å². The Hall–Kier alpha value is -2.45. The van der Waals surface area contributed by atoms with Gasteiger partial charge in [0.15, 0.2) is 5.78 Å². The minimum atomic E-state index is -0.555. The van der Waals surface area contributed by atoms with Gasteiger partial charge in [0.25, 0.3) is 0 Å². The highest BCUT2D eigenvalue weighted by Crippen LogP contribution is 2.70. The SMILES string of the molecule is O=C(COc1ccc(Cl)c(F)c1)CC12CC(Nc3ccnc(N4CCOCC4)n3)(C1)C2. The summed E-state index contributed by atoms with van der Waals surface area (Å²) in [6, 6.07) is 6.07. The van der Waals surface area contributed by atoms with Crippen LogP contribution < -0.4 is 15.0 Å². The van der Waals surface area contributed by atoms with Crippen LogP contribution in [0.15, 0.2) is 30.5 Å². The lowest BCUT2D eigenvalue weighted by Gasteiger charge is -2.71. The van der Waals surface area contributed by atoms with Gasteiger partial charge in [-0.1, -0.05) is 11.6 Å². The predicted molar refractivity (Wildman–Crippen MR) is 114 cm³/mol. The summed E-state index contributed by atoms with van der Waals surface area (Å²) in [5.74, 6) is 1.33. The van der Waals surface area contributed by atoms with E-state index in [1.807, 2.05) is 6.07 Å². The van der Waals surface area contributed by atoms with Crippen LogP contribution in [0.4, 0.5) is 16.2 Å². The molecule has 2 heterocycles. The normalized spacial score (nSPS) is 26.6. The van der Waals surface area contributed by atoms with Crippen LogP contribution in [0.3, 0.4) is 0 Å². The van der Waals surface area contributed by atoms with Crippen molar-refractivity contribution in [1.82, 2.24) is 9.97 Å². The van der Waals surface area contributed by atoms with Gasteiger partial charge in [-0.3, -0.25) is 4.79 Å². The van der Waals surface area contributed by atoms with Gasteiger partial charge in [0.1, 0.15) is 24.0 Å². The summed E-state index contributed by atoms with van der Waals surface area (Å²) >= 11 is 5.66. The molecule has 6 rings (SSSR count). The number of aromatic nitrogens is 2. The van der Waals surface area contributed by atoms with Crippen LogP contribution in [-0.4, -0.2) is 54.2 Å². The van der Waals surface area contributed by atoms with Gasteiger partial charge in [-0.15, -0.1) is 0 Å². The first-order chi connectivity index (χ1) is 14.9. The zero-order valence-electron chi connectivity index (χ0n) is 17.1. The summed E-state index contributed by atoms with van der Waals surface area (Å²) in [6.45, 7) is 2.92. The molecule has 0 spiro atoms. The molecule has 2 aromatic rings. The topological polar surface area (TPSA) is 76.6 Å². The molecule has 1 aromatic heterocycles. The van der Waals surface area contributed by atoms with Gasteiger partial charge in [0.05, 0.1) is 18.2 Å². The number of anilines is 2. The number of Topliss-reactive ketones (excluding diaryl/α,β-unsaturated/α-hetero) is 1. The molecule has 0 unspecified atom stereocenters. The number of halogens is 2. The summed E-state index contributed by atoms with van der Waals surface area (Å²) in [4.78, 5) is 23.6. The van der Waals surface area contributed by atoms with Gasteiger partial charge in [0, 0.05) is 37.3 Å². The second-order valence-corrected chi connectivity index (χ2v) is 9.26. The number of carbonyl (C=O) groups excluding carboxylic acids is 1. The molecule has 1 saturated heterocycles. The van der Waals surface area contributed by atoms with Gasteiger partial charge in [-0.2, -0.15) is 4.98 Å². The highest BCUT2D eigenvalue weighted by Gasteiger charge is 2.68. The maximum atomic E-state index is 13.5. The van der Waals surface area contributed by atoms with Crippen molar-refractivity contribution in [2.24, 2.45) is 5.41 Å². The van der Waals surface area contributed by atoms with E-state index in [0.717, 1.165) is 44.1 Å². The third-order valence-corrected chi connectivity index (χ3v) is 6.64. The summed E-state index contributed by atoms with van der Waals surface area (Å²) in [5.41, 5.74) is 0.0792. The van der Waals surface area contributed by atoms with Crippen molar-refractivity contribution in [2.75, 3.05) is 43.1 Å². The lowest BCUT2D eigenvalue weighted by Crippen LogP contribution is -2.71. The number of nitrogens with zero attached hydrogens (tertiary/aromatic N) is 3. The van der Waals surface area contributed by atoms with Gasteiger partial charge >= 0.3 is 0 Å². The molecule has 164 valence electrons. The van der Waals surface area contributed by atoms with Crippen LogP contribution in [0, 0.1) is 11.2 Å². The van der Waals surface area contributed by atoms with Crippen LogP contribution in [0.5, 0.6) is 5.75 Å².